The fourth-order valence-corrected chi connectivity index (χ4v) is 2.80. The molecule has 2 rings (SSSR count). The van der Waals surface area contributed by atoms with Crippen LogP contribution in [0, 0.1) is 5.82 Å². The van der Waals surface area contributed by atoms with E-state index in [0.717, 1.165) is 12.8 Å². The SMILES string of the molecule is CS(=O)(=O)N(Cc1ccccc1F)C1CC1. The lowest BCUT2D eigenvalue weighted by molar-refractivity contribution is 0.395. The van der Waals surface area contributed by atoms with E-state index in [-0.39, 0.29) is 18.4 Å². The summed E-state index contributed by atoms with van der Waals surface area (Å²) in [5, 5.41) is 0. The van der Waals surface area contributed by atoms with Crippen LogP contribution in [0.4, 0.5) is 4.39 Å². The third kappa shape index (κ3) is 2.59. The standard InChI is InChI=1S/C11H14FNO2S/c1-16(14,15)13(10-6-7-10)8-9-4-2-3-5-11(9)12/h2-5,10H,6-8H2,1H3. The molecular weight excluding hydrogens is 229 g/mol. The van der Waals surface area contributed by atoms with Crippen LogP contribution >= 0.6 is 0 Å². The smallest absolute Gasteiger partial charge is 0.211 e. The molecule has 0 N–H and O–H groups in total. The zero-order chi connectivity index (χ0) is 11.8. The normalized spacial score (nSPS) is 16.7. The van der Waals surface area contributed by atoms with Crippen molar-refractivity contribution in [2.24, 2.45) is 0 Å². The van der Waals surface area contributed by atoms with Crippen molar-refractivity contribution in [1.82, 2.24) is 4.31 Å². The summed E-state index contributed by atoms with van der Waals surface area (Å²) in [6.45, 7) is 0.135. The first-order valence-electron chi connectivity index (χ1n) is 5.18. The molecule has 5 heteroatoms. The molecule has 1 aliphatic rings. The minimum absolute atomic E-state index is 0.0645. The molecule has 0 atom stereocenters. The average Bonchev–Trinajstić information content (AvgIpc) is 2.98. The number of sulfonamides is 1. The molecule has 0 saturated heterocycles. The number of hydrogen-bond acceptors (Lipinski definition) is 2. The van der Waals surface area contributed by atoms with Gasteiger partial charge in [0.15, 0.2) is 0 Å². The molecule has 0 unspecified atom stereocenters. The highest BCUT2D eigenvalue weighted by Gasteiger charge is 2.35. The van der Waals surface area contributed by atoms with Gasteiger partial charge >= 0.3 is 0 Å². The Labute approximate surface area is 94.9 Å². The van der Waals surface area contributed by atoms with Gasteiger partial charge in [-0.05, 0) is 18.9 Å². The maximum Gasteiger partial charge on any atom is 0.211 e. The topological polar surface area (TPSA) is 37.4 Å². The predicted octanol–water partition coefficient (Wildman–Crippen LogP) is 1.75. The van der Waals surface area contributed by atoms with Gasteiger partial charge in [0, 0.05) is 18.2 Å². The highest BCUT2D eigenvalue weighted by atomic mass is 32.2. The van der Waals surface area contributed by atoms with Crippen LogP contribution in [0.5, 0.6) is 0 Å². The summed E-state index contributed by atoms with van der Waals surface area (Å²) in [6, 6.07) is 6.35. The highest BCUT2D eigenvalue weighted by Crippen LogP contribution is 2.30. The summed E-state index contributed by atoms with van der Waals surface area (Å²) < 4.78 is 37.8. The average molecular weight is 243 g/mol. The molecule has 0 amide bonds. The second-order valence-electron chi connectivity index (χ2n) is 4.13. The molecule has 0 aliphatic heterocycles. The molecular formula is C11H14FNO2S. The van der Waals surface area contributed by atoms with Gasteiger partial charge in [0.1, 0.15) is 5.82 Å². The number of benzene rings is 1. The number of nitrogens with zero attached hydrogens (tertiary/aromatic N) is 1. The zero-order valence-corrected chi connectivity index (χ0v) is 9.87. The van der Waals surface area contributed by atoms with Crippen LogP contribution in [0.1, 0.15) is 18.4 Å². The zero-order valence-electron chi connectivity index (χ0n) is 9.06. The second kappa shape index (κ2) is 4.14. The van der Waals surface area contributed by atoms with Gasteiger partial charge < -0.3 is 0 Å². The van der Waals surface area contributed by atoms with Crippen LogP contribution in [0.25, 0.3) is 0 Å². The first-order chi connectivity index (χ1) is 7.48. The Bertz CT molecular complexity index is 483. The molecule has 0 heterocycles. The lowest BCUT2D eigenvalue weighted by Gasteiger charge is -2.19. The van der Waals surface area contributed by atoms with Gasteiger partial charge in [-0.25, -0.2) is 12.8 Å². The molecule has 1 fully saturated rings. The van der Waals surface area contributed by atoms with Gasteiger partial charge in [0.05, 0.1) is 6.26 Å². The molecule has 0 spiro atoms. The van der Waals surface area contributed by atoms with E-state index in [4.69, 9.17) is 0 Å². The minimum atomic E-state index is -3.25. The Morgan fingerprint density at radius 2 is 2.00 bits per heavy atom. The molecule has 0 aromatic heterocycles. The van der Waals surface area contributed by atoms with Gasteiger partial charge in [-0.1, -0.05) is 18.2 Å². The largest absolute Gasteiger partial charge is 0.212 e. The van der Waals surface area contributed by atoms with Crippen molar-refractivity contribution < 1.29 is 12.8 Å². The van der Waals surface area contributed by atoms with Crippen molar-refractivity contribution in [2.75, 3.05) is 6.26 Å². The van der Waals surface area contributed by atoms with Crippen molar-refractivity contribution in [1.29, 1.82) is 0 Å². The summed E-state index contributed by atoms with van der Waals surface area (Å²) in [4.78, 5) is 0. The summed E-state index contributed by atoms with van der Waals surface area (Å²) in [7, 11) is -3.25. The second-order valence-corrected chi connectivity index (χ2v) is 6.07. The third-order valence-electron chi connectivity index (χ3n) is 2.66. The van der Waals surface area contributed by atoms with E-state index in [0.29, 0.717) is 5.56 Å². The van der Waals surface area contributed by atoms with E-state index in [1.165, 1.54) is 16.6 Å². The molecule has 16 heavy (non-hydrogen) atoms. The van der Waals surface area contributed by atoms with Gasteiger partial charge in [-0.2, -0.15) is 4.31 Å². The Morgan fingerprint density at radius 3 is 2.50 bits per heavy atom. The molecule has 3 nitrogen and oxygen atoms in total. The van der Waals surface area contributed by atoms with E-state index in [1.54, 1.807) is 18.2 Å². The molecule has 88 valence electrons. The summed E-state index contributed by atoms with van der Waals surface area (Å²) in [5.41, 5.74) is 0.430. The fraction of sp³-hybridized carbons (Fsp3) is 0.455. The molecule has 1 aromatic carbocycles. The third-order valence-corrected chi connectivity index (χ3v) is 3.94. The summed E-state index contributed by atoms with van der Waals surface area (Å²) >= 11 is 0. The molecule has 0 bridgehead atoms. The van der Waals surface area contributed by atoms with Gasteiger partial charge in [0.2, 0.25) is 10.0 Å². The van der Waals surface area contributed by atoms with Gasteiger partial charge in [-0.15, -0.1) is 0 Å². The Kier molecular flexibility index (Phi) is 2.99. The van der Waals surface area contributed by atoms with E-state index in [1.807, 2.05) is 0 Å². The Hall–Kier alpha value is -0.940. The van der Waals surface area contributed by atoms with Crippen LogP contribution in [0.15, 0.2) is 24.3 Å². The van der Waals surface area contributed by atoms with Crippen LogP contribution in [-0.4, -0.2) is 25.0 Å². The monoisotopic (exact) mass is 243 g/mol. The Morgan fingerprint density at radius 1 is 1.38 bits per heavy atom. The van der Waals surface area contributed by atoms with Crippen molar-refractivity contribution in [3.8, 4) is 0 Å². The number of hydrogen-bond donors (Lipinski definition) is 0. The summed E-state index contributed by atoms with van der Waals surface area (Å²) in [5.74, 6) is -0.350. The van der Waals surface area contributed by atoms with Crippen molar-refractivity contribution in [2.45, 2.75) is 25.4 Å². The maximum absolute atomic E-state index is 13.4. The lowest BCUT2D eigenvalue weighted by atomic mass is 10.2. The molecule has 1 aromatic rings. The van der Waals surface area contributed by atoms with E-state index in [9.17, 15) is 12.8 Å². The first-order valence-corrected chi connectivity index (χ1v) is 7.03. The summed E-state index contributed by atoms with van der Waals surface area (Å²) in [6.07, 6.45) is 2.93. The van der Waals surface area contributed by atoms with Gasteiger partial charge in [-0.3, -0.25) is 0 Å². The lowest BCUT2D eigenvalue weighted by Crippen LogP contribution is -2.31. The Balaban J connectivity index is 2.22. The van der Waals surface area contributed by atoms with Crippen LogP contribution < -0.4 is 0 Å². The minimum Gasteiger partial charge on any atom is -0.212 e. The maximum atomic E-state index is 13.4. The van der Waals surface area contributed by atoms with E-state index < -0.39 is 10.0 Å². The quantitative estimate of drug-likeness (QED) is 0.808. The fourth-order valence-electron chi connectivity index (χ4n) is 1.67. The van der Waals surface area contributed by atoms with Crippen LogP contribution in [0.2, 0.25) is 0 Å². The number of halogens is 1. The van der Waals surface area contributed by atoms with Gasteiger partial charge in [0.25, 0.3) is 0 Å². The molecule has 0 radical (unpaired) electrons. The first kappa shape index (κ1) is 11.5. The van der Waals surface area contributed by atoms with E-state index in [2.05, 4.69) is 0 Å². The van der Waals surface area contributed by atoms with Crippen LogP contribution in [0.3, 0.4) is 0 Å². The van der Waals surface area contributed by atoms with Crippen LogP contribution in [-0.2, 0) is 16.6 Å². The van der Waals surface area contributed by atoms with Crippen molar-refractivity contribution in [3.05, 3.63) is 35.6 Å². The number of rotatable bonds is 4. The molecule has 1 saturated carbocycles. The van der Waals surface area contributed by atoms with Crippen molar-refractivity contribution >= 4 is 10.0 Å². The molecule has 1 aliphatic carbocycles. The van der Waals surface area contributed by atoms with E-state index >= 15 is 0 Å². The predicted molar refractivity (Wildman–Crippen MR) is 59.8 cm³/mol. The highest BCUT2D eigenvalue weighted by molar-refractivity contribution is 7.88. The van der Waals surface area contributed by atoms with Crippen molar-refractivity contribution in [3.63, 3.8) is 0 Å².